The molecule has 0 bridgehead atoms. The van der Waals surface area contributed by atoms with Crippen LogP contribution in [-0.4, -0.2) is 33.3 Å². The van der Waals surface area contributed by atoms with E-state index in [9.17, 15) is 17.6 Å². The molecule has 0 radical (unpaired) electrons. The number of benzene rings is 2. The monoisotopic (exact) mass is 484 g/mol. The highest BCUT2D eigenvalue weighted by atomic mass is 79.9. The average Bonchev–Trinajstić information content (AvgIpc) is 2.61. The lowest BCUT2D eigenvalue weighted by atomic mass is 9.92. The zero-order chi connectivity index (χ0) is 21.4. The fourth-order valence-corrected chi connectivity index (χ4v) is 5.31. The Morgan fingerprint density at radius 3 is 2.59 bits per heavy atom. The molecule has 152 valence electrons. The third kappa shape index (κ3) is 4.32. The van der Waals surface area contributed by atoms with Crippen LogP contribution in [0.1, 0.15) is 22.8 Å². The van der Waals surface area contributed by atoms with Gasteiger partial charge in [-0.15, -0.1) is 0 Å². The van der Waals surface area contributed by atoms with E-state index < -0.39 is 43.3 Å². The third-order valence-corrected chi connectivity index (χ3v) is 7.13. The molecule has 1 aliphatic heterocycles. The van der Waals surface area contributed by atoms with Crippen LogP contribution >= 0.6 is 15.9 Å². The van der Waals surface area contributed by atoms with Crippen molar-refractivity contribution in [3.05, 3.63) is 57.6 Å². The summed E-state index contributed by atoms with van der Waals surface area (Å²) in [5, 5.41) is 11.2. The first kappa shape index (κ1) is 21.4. The van der Waals surface area contributed by atoms with E-state index in [4.69, 9.17) is 10.00 Å². The predicted molar refractivity (Wildman–Crippen MR) is 104 cm³/mol. The molecule has 0 aromatic heterocycles. The largest absolute Gasteiger partial charge is 0.380 e. The summed E-state index contributed by atoms with van der Waals surface area (Å²) in [4.78, 5) is 12.0. The van der Waals surface area contributed by atoms with Gasteiger partial charge < -0.3 is 10.1 Å². The number of carbonyl (C=O) groups is 1. The van der Waals surface area contributed by atoms with Crippen LogP contribution in [0.4, 0.5) is 14.5 Å². The van der Waals surface area contributed by atoms with E-state index in [0.29, 0.717) is 0 Å². The number of rotatable bonds is 5. The fourth-order valence-electron chi connectivity index (χ4n) is 2.93. The van der Waals surface area contributed by atoms with Gasteiger partial charge in [-0.3, -0.25) is 4.79 Å². The van der Waals surface area contributed by atoms with E-state index in [1.54, 1.807) is 13.0 Å². The minimum Gasteiger partial charge on any atom is -0.380 e. The Hall–Kier alpha value is -2.35. The molecule has 0 aliphatic carbocycles. The molecule has 10 heteroatoms. The number of ether oxygens (including phenoxy) is 1. The highest BCUT2D eigenvalue weighted by Gasteiger charge is 2.40. The molecule has 29 heavy (non-hydrogen) atoms. The molecular weight excluding hydrogens is 470 g/mol. The summed E-state index contributed by atoms with van der Waals surface area (Å²) in [6.45, 7) is 2.23. The van der Waals surface area contributed by atoms with Gasteiger partial charge in [-0.25, -0.2) is 17.2 Å². The van der Waals surface area contributed by atoms with E-state index in [-0.39, 0.29) is 34.7 Å². The number of sulfone groups is 1. The molecule has 0 atom stereocenters. The van der Waals surface area contributed by atoms with Gasteiger partial charge >= 0.3 is 0 Å². The Bertz CT molecular complexity index is 1140. The fraction of sp³-hybridized carbons (Fsp3) is 0.263. The molecule has 0 unspecified atom stereocenters. The van der Waals surface area contributed by atoms with Crippen molar-refractivity contribution in [2.45, 2.75) is 11.8 Å². The first-order valence-corrected chi connectivity index (χ1v) is 10.8. The van der Waals surface area contributed by atoms with Crippen molar-refractivity contribution < 1.29 is 26.7 Å². The highest BCUT2D eigenvalue weighted by molar-refractivity contribution is 9.10. The lowest BCUT2D eigenvalue weighted by Crippen LogP contribution is -2.45. The summed E-state index contributed by atoms with van der Waals surface area (Å²) >= 11 is 3.06. The second-order valence-electron chi connectivity index (χ2n) is 7.06. The SMILES string of the molecule is CC1(CS(=O)(=O)c2ccc(Br)c(C(=O)Nc3ccc(F)c(C#N)c3)c2F)COC1. The Labute approximate surface area is 174 Å². The van der Waals surface area contributed by atoms with Gasteiger partial charge in [0.25, 0.3) is 5.91 Å². The molecule has 6 nitrogen and oxygen atoms in total. The molecule has 2 aromatic rings. The van der Waals surface area contributed by atoms with Crippen molar-refractivity contribution in [1.82, 2.24) is 0 Å². The van der Waals surface area contributed by atoms with Crippen molar-refractivity contribution >= 4 is 37.4 Å². The molecule has 1 saturated heterocycles. The second kappa shape index (κ2) is 7.82. The molecule has 0 saturated carbocycles. The number of nitriles is 1. The van der Waals surface area contributed by atoms with Gasteiger partial charge in [-0.1, -0.05) is 6.92 Å². The average molecular weight is 485 g/mol. The standard InChI is InChI=1S/C19H15BrF2N2O4S/c1-19(8-28-9-19)10-29(26,27)15-5-3-13(20)16(17(15)22)18(25)24-12-2-4-14(21)11(6-12)7-23/h2-6H,8-10H2,1H3,(H,24,25). The van der Waals surface area contributed by atoms with Crippen LogP contribution in [0.2, 0.25) is 0 Å². The number of nitrogens with one attached hydrogen (secondary N) is 1. The van der Waals surface area contributed by atoms with Crippen molar-refractivity contribution in [2.75, 3.05) is 24.3 Å². The maximum Gasteiger partial charge on any atom is 0.259 e. The lowest BCUT2D eigenvalue weighted by molar-refractivity contribution is -0.0870. The van der Waals surface area contributed by atoms with Crippen LogP contribution in [0.15, 0.2) is 39.7 Å². The maximum atomic E-state index is 15.1. The van der Waals surface area contributed by atoms with Gasteiger partial charge in [0.05, 0.1) is 30.1 Å². The summed E-state index contributed by atoms with van der Waals surface area (Å²) in [7, 11) is -4.02. The van der Waals surface area contributed by atoms with Crippen LogP contribution in [0.25, 0.3) is 0 Å². The van der Waals surface area contributed by atoms with Crippen molar-refractivity contribution in [3.63, 3.8) is 0 Å². The van der Waals surface area contributed by atoms with Crippen molar-refractivity contribution in [1.29, 1.82) is 5.26 Å². The number of carbonyl (C=O) groups excluding carboxylic acids is 1. The minimum atomic E-state index is -4.02. The zero-order valence-electron chi connectivity index (χ0n) is 15.1. The van der Waals surface area contributed by atoms with E-state index in [1.807, 2.05) is 0 Å². The number of hydrogen-bond acceptors (Lipinski definition) is 5. The summed E-state index contributed by atoms with van der Waals surface area (Å²) in [5.74, 6) is -3.22. The molecule has 1 amide bonds. The smallest absolute Gasteiger partial charge is 0.259 e. The normalized spacial score (nSPS) is 15.3. The highest BCUT2D eigenvalue weighted by Crippen LogP contribution is 2.33. The summed E-state index contributed by atoms with van der Waals surface area (Å²) in [5.41, 5.74) is -1.35. The Kier molecular flexibility index (Phi) is 5.76. The Morgan fingerprint density at radius 2 is 2.00 bits per heavy atom. The number of amides is 1. The summed E-state index contributed by atoms with van der Waals surface area (Å²) < 4.78 is 59.0. The molecule has 3 rings (SSSR count). The van der Waals surface area contributed by atoms with Gasteiger partial charge in [0.1, 0.15) is 16.8 Å². The third-order valence-electron chi connectivity index (χ3n) is 4.40. The van der Waals surface area contributed by atoms with Crippen LogP contribution in [0.5, 0.6) is 0 Å². The van der Waals surface area contributed by atoms with Gasteiger partial charge in [-0.05, 0) is 46.3 Å². The van der Waals surface area contributed by atoms with Crippen LogP contribution in [0, 0.1) is 28.4 Å². The van der Waals surface area contributed by atoms with E-state index in [1.165, 1.54) is 12.1 Å². The molecule has 1 aliphatic rings. The Morgan fingerprint density at radius 1 is 1.31 bits per heavy atom. The topological polar surface area (TPSA) is 96.3 Å². The molecule has 1 heterocycles. The van der Waals surface area contributed by atoms with Crippen LogP contribution in [0.3, 0.4) is 0 Å². The van der Waals surface area contributed by atoms with Gasteiger partial charge in [0.2, 0.25) is 0 Å². The van der Waals surface area contributed by atoms with Gasteiger partial charge in [-0.2, -0.15) is 5.26 Å². The van der Waals surface area contributed by atoms with E-state index >= 15 is 4.39 Å². The quantitative estimate of drug-likeness (QED) is 0.698. The molecule has 2 aromatic carbocycles. The number of halogens is 3. The van der Waals surface area contributed by atoms with Crippen molar-refractivity contribution in [3.8, 4) is 6.07 Å². The van der Waals surface area contributed by atoms with Crippen molar-refractivity contribution in [2.24, 2.45) is 5.41 Å². The number of hydrogen-bond donors (Lipinski definition) is 1. The number of nitrogens with zero attached hydrogens (tertiary/aromatic N) is 1. The molecule has 1 fully saturated rings. The minimum absolute atomic E-state index is 0.0484. The maximum absolute atomic E-state index is 15.1. The van der Waals surface area contributed by atoms with Gasteiger partial charge in [0, 0.05) is 15.6 Å². The molecule has 0 spiro atoms. The summed E-state index contributed by atoms with van der Waals surface area (Å²) in [6.07, 6.45) is 0. The zero-order valence-corrected chi connectivity index (χ0v) is 17.5. The first-order chi connectivity index (χ1) is 13.6. The predicted octanol–water partition coefficient (Wildman–Crippen LogP) is 3.66. The summed E-state index contributed by atoms with van der Waals surface area (Å²) in [6, 6.07) is 7.29. The molecular formula is C19H15BrF2N2O4S. The first-order valence-electron chi connectivity index (χ1n) is 8.36. The molecule has 1 N–H and O–H groups in total. The van der Waals surface area contributed by atoms with E-state index in [0.717, 1.165) is 18.2 Å². The second-order valence-corrected chi connectivity index (χ2v) is 9.87. The lowest BCUT2D eigenvalue weighted by Gasteiger charge is -2.37. The Balaban J connectivity index is 1.94. The number of anilines is 1. The van der Waals surface area contributed by atoms with Gasteiger partial charge in [0.15, 0.2) is 15.7 Å². The van der Waals surface area contributed by atoms with Crippen LogP contribution < -0.4 is 5.32 Å². The van der Waals surface area contributed by atoms with E-state index in [2.05, 4.69) is 21.2 Å². The van der Waals surface area contributed by atoms with Crippen LogP contribution in [-0.2, 0) is 14.6 Å².